The number of aromatic nitrogens is 2. The highest BCUT2D eigenvalue weighted by Gasteiger charge is 2.19. The predicted octanol–water partition coefficient (Wildman–Crippen LogP) is 5.27. The van der Waals surface area contributed by atoms with Gasteiger partial charge in [0.2, 0.25) is 0 Å². The molecule has 0 saturated heterocycles. The third-order valence-corrected chi connectivity index (χ3v) is 6.04. The highest BCUT2D eigenvalue weighted by molar-refractivity contribution is 7.92. The molecule has 1 aromatic heterocycles. The summed E-state index contributed by atoms with van der Waals surface area (Å²) in [5.74, 6) is -0.818. The van der Waals surface area contributed by atoms with E-state index in [1.807, 2.05) is 0 Å². The maximum atomic E-state index is 13.8. The Bertz CT molecular complexity index is 1310. The SMILES string of the molecule is O=S(=O)(Nc1ccc2c(cnn2-c2ccc(Cl)cc2Cl)c1)c1ccccc1F. The zero-order valence-corrected chi connectivity index (χ0v) is 16.4. The van der Waals surface area contributed by atoms with Gasteiger partial charge in [-0.25, -0.2) is 17.5 Å². The lowest BCUT2D eigenvalue weighted by Crippen LogP contribution is -2.14. The minimum atomic E-state index is -4.06. The molecule has 0 spiro atoms. The molecule has 3 aromatic carbocycles. The molecule has 0 radical (unpaired) electrons. The van der Waals surface area contributed by atoms with Gasteiger partial charge in [-0.3, -0.25) is 4.72 Å². The van der Waals surface area contributed by atoms with E-state index in [9.17, 15) is 12.8 Å². The van der Waals surface area contributed by atoms with E-state index in [4.69, 9.17) is 23.2 Å². The van der Waals surface area contributed by atoms with Crippen molar-refractivity contribution >= 4 is 49.8 Å². The molecule has 4 aromatic rings. The second-order valence-electron chi connectivity index (χ2n) is 5.96. The van der Waals surface area contributed by atoms with E-state index in [1.54, 1.807) is 47.3 Å². The van der Waals surface area contributed by atoms with Crippen molar-refractivity contribution in [2.75, 3.05) is 4.72 Å². The molecule has 0 fully saturated rings. The van der Waals surface area contributed by atoms with Gasteiger partial charge in [0.05, 0.1) is 22.4 Å². The molecule has 28 heavy (non-hydrogen) atoms. The van der Waals surface area contributed by atoms with E-state index in [-0.39, 0.29) is 5.69 Å². The molecular formula is C19H12Cl2FN3O2S. The normalized spacial score (nSPS) is 11.7. The van der Waals surface area contributed by atoms with Gasteiger partial charge in [-0.1, -0.05) is 35.3 Å². The van der Waals surface area contributed by atoms with Crippen LogP contribution in [-0.4, -0.2) is 18.2 Å². The molecule has 0 saturated carbocycles. The molecular weight excluding hydrogens is 424 g/mol. The first-order valence-corrected chi connectivity index (χ1v) is 10.3. The summed E-state index contributed by atoms with van der Waals surface area (Å²) < 4.78 is 42.8. The molecule has 9 heteroatoms. The van der Waals surface area contributed by atoms with Gasteiger partial charge in [-0.05, 0) is 48.5 Å². The van der Waals surface area contributed by atoms with E-state index in [2.05, 4.69) is 9.82 Å². The summed E-state index contributed by atoms with van der Waals surface area (Å²) in [5.41, 5.74) is 1.65. The number of nitrogens with zero attached hydrogens (tertiary/aromatic N) is 2. The summed E-state index contributed by atoms with van der Waals surface area (Å²) >= 11 is 12.2. The molecule has 1 N–H and O–H groups in total. The zero-order chi connectivity index (χ0) is 19.9. The van der Waals surface area contributed by atoms with Crippen molar-refractivity contribution in [3.63, 3.8) is 0 Å². The number of anilines is 1. The van der Waals surface area contributed by atoms with Gasteiger partial charge >= 0.3 is 0 Å². The van der Waals surface area contributed by atoms with E-state index in [0.29, 0.717) is 21.1 Å². The number of rotatable bonds is 4. The number of hydrogen-bond donors (Lipinski definition) is 1. The monoisotopic (exact) mass is 435 g/mol. The first-order chi connectivity index (χ1) is 13.3. The van der Waals surface area contributed by atoms with Crippen LogP contribution in [0.25, 0.3) is 16.6 Å². The van der Waals surface area contributed by atoms with Crippen LogP contribution in [0.5, 0.6) is 0 Å². The number of benzene rings is 3. The first-order valence-electron chi connectivity index (χ1n) is 8.06. The Hall–Kier alpha value is -2.61. The fourth-order valence-corrected chi connectivity index (χ4v) is 4.43. The molecule has 1 heterocycles. The van der Waals surface area contributed by atoms with E-state index >= 15 is 0 Å². The largest absolute Gasteiger partial charge is 0.280 e. The Morgan fingerprint density at radius 1 is 1.00 bits per heavy atom. The van der Waals surface area contributed by atoms with Crippen molar-refractivity contribution in [3.05, 3.63) is 82.7 Å². The van der Waals surface area contributed by atoms with Crippen LogP contribution in [0.15, 0.2) is 71.8 Å². The van der Waals surface area contributed by atoms with Gasteiger partial charge in [0, 0.05) is 16.1 Å². The van der Waals surface area contributed by atoms with Crippen LogP contribution in [0.2, 0.25) is 10.0 Å². The summed E-state index contributed by atoms with van der Waals surface area (Å²) in [6, 6.07) is 15.1. The van der Waals surface area contributed by atoms with E-state index in [1.165, 1.54) is 18.2 Å². The number of halogens is 3. The van der Waals surface area contributed by atoms with Crippen LogP contribution in [0, 0.1) is 5.82 Å². The second-order valence-corrected chi connectivity index (χ2v) is 8.46. The van der Waals surface area contributed by atoms with Crippen molar-refractivity contribution in [1.82, 2.24) is 9.78 Å². The Morgan fingerprint density at radius 2 is 1.79 bits per heavy atom. The summed E-state index contributed by atoms with van der Waals surface area (Å²) in [5, 5.41) is 5.94. The lowest BCUT2D eigenvalue weighted by molar-refractivity contribution is 0.570. The predicted molar refractivity (Wildman–Crippen MR) is 108 cm³/mol. The van der Waals surface area contributed by atoms with Crippen LogP contribution in [0.1, 0.15) is 0 Å². The molecule has 142 valence electrons. The fourth-order valence-electron chi connectivity index (χ4n) is 2.81. The average Bonchev–Trinajstić information content (AvgIpc) is 3.04. The standard InChI is InChI=1S/C19H12Cl2FN3O2S/c20-13-5-7-18(15(21)10-13)25-17-8-6-14(9-12(17)11-23-25)24-28(26,27)19-4-2-1-3-16(19)22/h1-11,24H. The van der Waals surface area contributed by atoms with Crippen LogP contribution in [-0.2, 0) is 10.0 Å². The van der Waals surface area contributed by atoms with Crippen molar-refractivity contribution < 1.29 is 12.8 Å². The van der Waals surface area contributed by atoms with Crippen molar-refractivity contribution in [3.8, 4) is 5.69 Å². The van der Waals surface area contributed by atoms with Crippen LogP contribution in [0.3, 0.4) is 0 Å². The van der Waals surface area contributed by atoms with Gasteiger partial charge in [0.25, 0.3) is 10.0 Å². The van der Waals surface area contributed by atoms with Crippen LogP contribution < -0.4 is 4.72 Å². The van der Waals surface area contributed by atoms with Gasteiger partial charge in [-0.2, -0.15) is 5.10 Å². The summed E-state index contributed by atoms with van der Waals surface area (Å²) in [6.07, 6.45) is 1.58. The minimum Gasteiger partial charge on any atom is -0.280 e. The quantitative estimate of drug-likeness (QED) is 0.474. The molecule has 0 unspecified atom stereocenters. The maximum absolute atomic E-state index is 13.8. The lowest BCUT2D eigenvalue weighted by atomic mass is 10.2. The molecule has 4 rings (SSSR count). The molecule has 5 nitrogen and oxygen atoms in total. The number of hydrogen-bond acceptors (Lipinski definition) is 3. The third-order valence-electron chi connectivity index (χ3n) is 4.08. The second kappa shape index (κ2) is 7.09. The number of nitrogens with one attached hydrogen (secondary N) is 1. The van der Waals surface area contributed by atoms with Gasteiger partial charge in [-0.15, -0.1) is 0 Å². The van der Waals surface area contributed by atoms with Crippen molar-refractivity contribution in [1.29, 1.82) is 0 Å². The molecule has 0 aliphatic carbocycles. The molecule has 0 bridgehead atoms. The highest BCUT2D eigenvalue weighted by atomic mass is 35.5. The molecule has 0 aliphatic rings. The van der Waals surface area contributed by atoms with Gasteiger partial charge in [0.15, 0.2) is 0 Å². The Labute approximate surface area is 170 Å². The van der Waals surface area contributed by atoms with Crippen LogP contribution in [0.4, 0.5) is 10.1 Å². The average molecular weight is 436 g/mol. The van der Waals surface area contributed by atoms with E-state index in [0.717, 1.165) is 11.6 Å². The fraction of sp³-hybridized carbons (Fsp3) is 0. The highest BCUT2D eigenvalue weighted by Crippen LogP contribution is 2.29. The maximum Gasteiger partial charge on any atom is 0.264 e. The smallest absolute Gasteiger partial charge is 0.264 e. The lowest BCUT2D eigenvalue weighted by Gasteiger charge is -2.10. The van der Waals surface area contributed by atoms with Gasteiger partial charge in [0.1, 0.15) is 10.7 Å². The third kappa shape index (κ3) is 3.44. The topological polar surface area (TPSA) is 64.0 Å². The Morgan fingerprint density at radius 3 is 2.54 bits per heavy atom. The van der Waals surface area contributed by atoms with Crippen molar-refractivity contribution in [2.45, 2.75) is 4.90 Å². The molecule has 0 aliphatic heterocycles. The first kappa shape index (κ1) is 18.7. The molecule has 0 atom stereocenters. The summed E-state index contributed by atoms with van der Waals surface area (Å²) in [7, 11) is -4.06. The number of fused-ring (bicyclic) bond motifs is 1. The Kier molecular flexibility index (Phi) is 4.74. The summed E-state index contributed by atoms with van der Waals surface area (Å²) in [6.45, 7) is 0. The van der Waals surface area contributed by atoms with Crippen LogP contribution >= 0.6 is 23.2 Å². The van der Waals surface area contributed by atoms with Crippen molar-refractivity contribution in [2.24, 2.45) is 0 Å². The number of sulfonamides is 1. The summed E-state index contributed by atoms with van der Waals surface area (Å²) in [4.78, 5) is -0.418. The van der Waals surface area contributed by atoms with Gasteiger partial charge < -0.3 is 0 Å². The minimum absolute atomic E-state index is 0.289. The zero-order valence-electron chi connectivity index (χ0n) is 14.1. The van der Waals surface area contributed by atoms with E-state index < -0.39 is 20.7 Å². The Balaban J connectivity index is 1.71. The molecule has 0 amide bonds.